The summed E-state index contributed by atoms with van der Waals surface area (Å²) in [4.78, 5) is 0. The van der Waals surface area contributed by atoms with Gasteiger partial charge in [0.2, 0.25) is 0 Å². The van der Waals surface area contributed by atoms with Crippen LogP contribution >= 0.6 is 0 Å². The Bertz CT molecular complexity index is 216. The van der Waals surface area contributed by atoms with E-state index in [-0.39, 0.29) is 12.1 Å². The van der Waals surface area contributed by atoms with E-state index in [0.717, 1.165) is 38.8 Å². The lowest BCUT2D eigenvalue weighted by Crippen LogP contribution is -2.44. The molecule has 0 aliphatic carbocycles. The van der Waals surface area contributed by atoms with Crippen LogP contribution in [0.3, 0.4) is 0 Å². The van der Waals surface area contributed by atoms with Crippen molar-refractivity contribution in [3.05, 3.63) is 0 Å². The van der Waals surface area contributed by atoms with E-state index < -0.39 is 0 Å². The maximum absolute atomic E-state index is 9.03. The van der Waals surface area contributed by atoms with E-state index in [1.807, 2.05) is 0 Å². The van der Waals surface area contributed by atoms with Gasteiger partial charge in [-0.05, 0) is 26.2 Å². The van der Waals surface area contributed by atoms with Gasteiger partial charge in [0.25, 0.3) is 0 Å². The molecule has 0 fully saturated rings. The van der Waals surface area contributed by atoms with Gasteiger partial charge in [0.15, 0.2) is 0 Å². The summed E-state index contributed by atoms with van der Waals surface area (Å²) in [6, 6.07) is 0. The molecule has 0 aliphatic heterocycles. The maximum Gasteiger partial charge on any atom is 0.0701 e. The van der Waals surface area contributed by atoms with E-state index in [2.05, 4.69) is 26.1 Å². The fraction of sp³-hybridized carbons (Fsp3) is 1.00. The molecule has 0 saturated carbocycles. The summed E-state index contributed by atoms with van der Waals surface area (Å²) < 4.78 is 16.3. The molecule has 0 aromatic carbocycles. The predicted molar refractivity (Wildman–Crippen MR) is 85.8 cm³/mol. The van der Waals surface area contributed by atoms with Crippen molar-refractivity contribution in [2.75, 3.05) is 52.8 Å². The Balaban J connectivity index is 3.25. The van der Waals surface area contributed by atoms with E-state index in [1.54, 1.807) is 0 Å². The van der Waals surface area contributed by atoms with E-state index in [0.29, 0.717) is 33.0 Å². The van der Waals surface area contributed by atoms with Crippen LogP contribution in [0.2, 0.25) is 0 Å². The largest absolute Gasteiger partial charge is 0.396 e. The van der Waals surface area contributed by atoms with Crippen molar-refractivity contribution < 1.29 is 19.3 Å². The van der Waals surface area contributed by atoms with Crippen LogP contribution in [0.4, 0.5) is 0 Å². The summed E-state index contributed by atoms with van der Waals surface area (Å²) in [5, 5.41) is 12.5. The van der Waals surface area contributed by atoms with Crippen LogP contribution in [0.15, 0.2) is 0 Å². The Morgan fingerprint density at radius 1 is 0.905 bits per heavy atom. The van der Waals surface area contributed by atoms with Crippen molar-refractivity contribution in [3.63, 3.8) is 0 Å². The smallest absolute Gasteiger partial charge is 0.0701 e. The molecule has 0 spiro atoms. The molecular weight excluding hydrogens is 270 g/mol. The van der Waals surface area contributed by atoms with Crippen LogP contribution in [0, 0.1) is 0 Å². The third-order valence-corrected chi connectivity index (χ3v) is 3.63. The molecule has 0 heterocycles. The quantitative estimate of drug-likeness (QED) is 0.427. The third kappa shape index (κ3) is 13.2. The average molecular weight is 305 g/mol. The zero-order valence-corrected chi connectivity index (χ0v) is 14.2. The molecule has 0 aliphatic rings. The second kappa shape index (κ2) is 14.7. The normalized spacial score (nSPS) is 14.3. The number of ether oxygens (including phenoxy) is 3. The highest BCUT2D eigenvalue weighted by atomic mass is 16.5. The fourth-order valence-corrected chi connectivity index (χ4v) is 1.85. The molecule has 5 heteroatoms. The molecule has 21 heavy (non-hydrogen) atoms. The van der Waals surface area contributed by atoms with Gasteiger partial charge < -0.3 is 24.6 Å². The second-order valence-corrected chi connectivity index (χ2v) is 5.51. The van der Waals surface area contributed by atoms with Gasteiger partial charge in [-0.25, -0.2) is 0 Å². The molecule has 1 atom stereocenters. The van der Waals surface area contributed by atoms with Crippen LogP contribution < -0.4 is 5.32 Å². The standard InChI is InChI=1S/C16H35NO4/c1-4-6-10-19-12-14-21-15-13-20-11-8-17-16(3,5-2)7-9-18/h17-18H,4-15H2,1-3H3. The summed E-state index contributed by atoms with van der Waals surface area (Å²) in [6.45, 7) is 11.4. The van der Waals surface area contributed by atoms with Gasteiger partial charge in [-0.3, -0.25) is 0 Å². The van der Waals surface area contributed by atoms with Gasteiger partial charge in [0.1, 0.15) is 0 Å². The Labute approximate surface area is 130 Å². The molecule has 0 amide bonds. The lowest BCUT2D eigenvalue weighted by molar-refractivity contribution is 0.0137. The van der Waals surface area contributed by atoms with Crippen LogP contribution in [-0.2, 0) is 14.2 Å². The number of rotatable bonds is 16. The van der Waals surface area contributed by atoms with Crippen molar-refractivity contribution in [1.82, 2.24) is 5.32 Å². The Morgan fingerprint density at radius 2 is 1.48 bits per heavy atom. The van der Waals surface area contributed by atoms with Gasteiger partial charge >= 0.3 is 0 Å². The molecule has 0 radical (unpaired) electrons. The van der Waals surface area contributed by atoms with Crippen molar-refractivity contribution in [1.29, 1.82) is 0 Å². The van der Waals surface area contributed by atoms with Crippen LogP contribution in [-0.4, -0.2) is 63.4 Å². The summed E-state index contributed by atoms with van der Waals surface area (Å²) in [6.07, 6.45) is 4.04. The number of hydrogen-bond donors (Lipinski definition) is 2. The van der Waals surface area contributed by atoms with Crippen molar-refractivity contribution in [2.24, 2.45) is 0 Å². The first-order chi connectivity index (χ1) is 10.2. The second-order valence-electron chi connectivity index (χ2n) is 5.51. The van der Waals surface area contributed by atoms with Crippen LogP contribution in [0.5, 0.6) is 0 Å². The molecule has 2 N–H and O–H groups in total. The van der Waals surface area contributed by atoms with Gasteiger partial charge in [0.05, 0.1) is 33.0 Å². The first-order valence-corrected chi connectivity index (χ1v) is 8.27. The molecule has 0 bridgehead atoms. The lowest BCUT2D eigenvalue weighted by Gasteiger charge is -2.29. The van der Waals surface area contributed by atoms with Crippen molar-refractivity contribution in [2.45, 2.75) is 52.0 Å². The van der Waals surface area contributed by atoms with Gasteiger partial charge in [-0.15, -0.1) is 0 Å². The predicted octanol–water partition coefficient (Wildman–Crippen LogP) is 1.98. The van der Waals surface area contributed by atoms with E-state index in [9.17, 15) is 0 Å². The summed E-state index contributed by atoms with van der Waals surface area (Å²) >= 11 is 0. The summed E-state index contributed by atoms with van der Waals surface area (Å²) in [5.41, 5.74) is 0.00440. The van der Waals surface area contributed by atoms with Gasteiger partial charge in [-0.1, -0.05) is 20.3 Å². The highest BCUT2D eigenvalue weighted by Crippen LogP contribution is 2.12. The molecule has 128 valence electrons. The van der Waals surface area contributed by atoms with Gasteiger partial charge in [-0.2, -0.15) is 0 Å². The maximum atomic E-state index is 9.03. The average Bonchev–Trinajstić information content (AvgIpc) is 2.48. The lowest BCUT2D eigenvalue weighted by atomic mass is 9.95. The Morgan fingerprint density at radius 3 is 2.00 bits per heavy atom. The molecule has 0 rings (SSSR count). The number of hydrogen-bond acceptors (Lipinski definition) is 5. The minimum atomic E-state index is 0.00440. The van der Waals surface area contributed by atoms with Crippen molar-refractivity contribution >= 4 is 0 Å². The Hall–Kier alpha value is -0.200. The monoisotopic (exact) mass is 305 g/mol. The van der Waals surface area contributed by atoms with E-state index >= 15 is 0 Å². The SMILES string of the molecule is CCCCOCCOCCOCCNC(C)(CC)CCO. The Kier molecular flexibility index (Phi) is 14.6. The molecule has 5 nitrogen and oxygen atoms in total. The number of aliphatic hydroxyl groups excluding tert-OH is 1. The molecule has 0 aromatic heterocycles. The third-order valence-electron chi connectivity index (χ3n) is 3.63. The molecular formula is C16H35NO4. The van der Waals surface area contributed by atoms with Crippen molar-refractivity contribution in [3.8, 4) is 0 Å². The number of nitrogens with one attached hydrogen (secondary N) is 1. The zero-order chi connectivity index (χ0) is 15.8. The van der Waals surface area contributed by atoms with Crippen LogP contribution in [0.25, 0.3) is 0 Å². The minimum absolute atomic E-state index is 0.00440. The number of aliphatic hydroxyl groups is 1. The fourth-order valence-electron chi connectivity index (χ4n) is 1.85. The molecule has 0 aromatic rings. The zero-order valence-electron chi connectivity index (χ0n) is 14.2. The minimum Gasteiger partial charge on any atom is -0.396 e. The molecule has 0 saturated heterocycles. The summed E-state index contributed by atoms with van der Waals surface area (Å²) in [7, 11) is 0. The topological polar surface area (TPSA) is 60.0 Å². The van der Waals surface area contributed by atoms with E-state index in [1.165, 1.54) is 0 Å². The van der Waals surface area contributed by atoms with Crippen LogP contribution in [0.1, 0.15) is 46.5 Å². The highest BCUT2D eigenvalue weighted by molar-refractivity contribution is 4.80. The highest BCUT2D eigenvalue weighted by Gasteiger charge is 2.19. The van der Waals surface area contributed by atoms with E-state index in [4.69, 9.17) is 19.3 Å². The first kappa shape index (κ1) is 20.8. The molecule has 1 unspecified atom stereocenters. The number of unbranched alkanes of at least 4 members (excludes halogenated alkanes) is 1. The first-order valence-electron chi connectivity index (χ1n) is 8.27. The summed E-state index contributed by atoms with van der Waals surface area (Å²) in [5.74, 6) is 0. The van der Waals surface area contributed by atoms with Gasteiger partial charge in [0, 0.05) is 25.3 Å².